The molecule has 0 amide bonds. The number of rotatable bonds is 3. The number of anilines is 1. The van der Waals surface area contributed by atoms with Crippen LogP contribution < -0.4 is 10.6 Å². The monoisotopic (exact) mass is 263 g/mol. The Kier molecular flexibility index (Phi) is 4.39. The summed E-state index contributed by atoms with van der Waals surface area (Å²) in [5.41, 5.74) is 7.43. The number of esters is 1. The molecule has 1 saturated heterocycles. The number of likely N-dealkylation sites (N-methyl/N-ethyl adjacent to an activating group) is 1. The van der Waals surface area contributed by atoms with Crippen LogP contribution in [0, 0.1) is 0 Å². The molecule has 0 saturated carbocycles. The van der Waals surface area contributed by atoms with Crippen molar-refractivity contribution in [1.29, 1.82) is 0 Å². The Hall–Kier alpha value is -1.59. The average molecular weight is 263 g/mol. The largest absolute Gasteiger partial charge is 0.465 e. The zero-order chi connectivity index (χ0) is 13.8. The third-order valence-corrected chi connectivity index (χ3v) is 3.68. The van der Waals surface area contributed by atoms with E-state index in [1.165, 1.54) is 7.11 Å². The standard InChI is InChI=1S/C14H21N3O2/c1-16-6-7-17(10-13(16)9-15)12-5-3-4-11(8-12)14(18)19-2/h3-5,8,13H,6-7,9-10,15H2,1-2H3. The molecule has 1 fully saturated rings. The van der Waals surface area contributed by atoms with Gasteiger partial charge in [-0.1, -0.05) is 6.07 Å². The zero-order valence-electron chi connectivity index (χ0n) is 11.5. The average Bonchev–Trinajstić information content (AvgIpc) is 2.47. The van der Waals surface area contributed by atoms with E-state index in [0.717, 1.165) is 25.3 Å². The third kappa shape index (κ3) is 3.05. The predicted molar refractivity (Wildman–Crippen MR) is 75.5 cm³/mol. The number of nitrogens with zero attached hydrogens (tertiary/aromatic N) is 2. The van der Waals surface area contributed by atoms with E-state index >= 15 is 0 Å². The molecule has 1 heterocycles. The zero-order valence-corrected chi connectivity index (χ0v) is 11.5. The first-order valence-corrected chi connectivity index (χ1v) is 6.49. The van der Waals surface area contributed by atoms with Crippen molar-refractivity contribution in [3.8, 4) is 0 Å². The molecular weight excluding hydrogens is 242 g/mol. The second-order valence-corrected chi connectivity index (χ2v) is 4.86. The second kappa shape index (κ2) is 6.04. The van der Waals surface area contributed by atoms with Crippen molar-refractivity contribution < 1.29 is 9.53 Å². The molecule has 1 unspecified atom stereocenters. The van der Waals surface area contributed by atoms with Gasteiger partial charge in [-0.25, -0.2) is 4.79 Å². The molecule has 1 atom stereocenters. The summed E-state index contributed by atoms with van der Waals surface area (Å²) in [7, 11) is 3.50. The molecule has 5 heteroatoms. The maximum atomic E-state index is 11.6. The molecule has 2 rings (SSSR count). The van der Waals surface area contributed by atoms with Gasteiger partial charge in [0.05, 0.1) is 12.7 Å². The maximum absolute atomic E-state index is 11.6. The van der Waals surface area contributed by atoms with Gasteiger partial charge in [-0.2, -0.15) is 0 Å². The van der Waals surface area contributed by atoms with Gasteiger partial charge in [0.2, 0.25) is 0 Å². The highest BCUT2D eigenvalue weighted by Crippen LogP contribution is 2.20. The van der Waals surface area contributed by atoms with Gasteiger partial charge in [-0.05, 0) is 25.2 Å². The summed E-state index contributed by atoms with van der Waals surface area (Å²) in [6.45, 7) is 3.45. The van der Waals surface area contributed by atoms with Crippen molar-refractivity contribution in [3.63, 3.8) is 0 Å². The molecule has 1 aromatic rings. The molecule has 0 radical (unpaired) electrons. The minimum Gasteiger partial charge on any atom is -0.465 e. The molecular formula is C14H21N3O2. The summed E-state index contributed by atoms with van der Waals surface area (Å²) in [4.78, 5) is 16.1. The number of benzene rings is 1. The Morgan fingerprint density at radius 1 is 1.47 bits per heavy atom. The van der Waals surface area contributed by atoms with Crippen molar-refractivity contribution in [1.82, 2.24) is 4.90 Å². The summed E-state index contributed by atoms with van der Waals surface area (Å²) in [5.74, 6) is -0.300. The van der Waals surface area contributed by atoms with E-state index in [9.17, 15) is 4.79 Å². The molecule has 1 aromatic carbocycles. The van der Waals surface area contributed by atoms with Crippen LogP contribution in [0.5, 0.6) is 0 Å². The Balaban J connectivity index is 2.15. The van der Waals surface area contributed by atoms with E-state index in [-0.39, 0.29) is 5.97 Å². The number of hydrogen-bond acceptors (Lipinski definition) is 5. The first-order chi connectivity index (χ1) is 9.15. The highest BCUT2D eigenvalue weighted by Gasteiger charge is 2.23. The van der Waals surface area contributed by atoms with Gasteiger partial charge in [-0.3, -0.25) is 4.90 Å². The van der Waals surface area contributed by atoms with E-state index in [4.69, 9.17) is 10.5 Å². The fraction of sp³-hybridized carbons (Fsp3) is 0.500. The van der Waals surface area contributed by atoms with Crippen LogP contribution in [0.1, 0.15) is 10.4 Å². The lowest BCUT2D eigenvalue weighted by atomic mass is 10.1. The highest BCUT2D eigenvalue weighted by molar-refractivity contribution is 5.90. The molecule has 5 nitrogen and oxygen atoms in total. The number of carbonyl (C=O) groups is 1. The van der Waals surface area contributed by atoms with Gasteiger partial charge >= 0.3 is 5.97 Å². The summed E-state index contributed by atoms with van der Waals surface area (Å²) in [6.07, 6.45) is 0. The summed E-state index contributed by atoms with van der Waals surface area (Å²) >= 11 is 0. The van der Waals surface area contributed by atoms with Crippen LogP contribution in [0.3, 0.4) is 0 Å². The number of nitrogens with two attached hydrogens (primary N) is 1. The van der Waals surface area contributed by atoms with Crippen LogP contribution in [0.25, 0.3) is 0 Å². The molecule has 0 aliphatic carbocycles. The van der Waals surface area contributed by atoms with Crippen molar-refractivity contribution in [2.24, 2.45) is 5.73 Å². The number of methoxy groups -OCH3 is 1. The predicted octanol–water partition coefficient (Wildman–Crippen LogP) is 0.552. The molecule has 1 aliphatic heterocycles. The Bertz CT molecular complexity index is 450. The maximum Gasteiger partial charge on any atom is 0.337 e. The Labute approximate surface area is 113 Å². The van der Waals surface area contributed by atoms with Crippen LogP contribution in [0.2, 0.25) is 0 Å². The molecule has 19 heavy (non-hydrogen) atoms. The molecule has 2 N–H and O–H groups in total. The van der Waals surface area contributed by atoms with E-state index in [1.807, 2.05) is 18.2 Å². The van der Waals surface area contributed by atoms with E-state index in [0.29, 0.717) is 18.2 Å². The normalized spacial score (nSPS) is 20.4. The molecule has 0 aromatic heterocycles. The fourth-order valence-corrected chi connectivity index (χ4v) is 2.38. The van der Waals surface area contributed by atoms with Crippen LogP contribution in [-0.4, -0.2) is 57.2 Å². The third-order valence-electron chi connectivity index (χ3n) is 3.68. The number of ether oxygens (including phenoxy) is 1. The van der Waals surface area contributed by atoms with Gasteiger partial charge in [0.1, 0.15) is 0 Å². The van der Waals surface area contributed by atoms with Gasteiger partial charge in [-0.15, -0.1) is 0 Å². The quantitative estimate of drug-likeness (QED) is 0.807. The van der Waals surface area contributed by atoms with Crippen molar-refractivity contribution in [3.05, 3.63) is 29.8 Å². The minimum absolute atomic E-state index is 0.300. The van der Waals surface area contributed by atoms with Gasteiger partial charge < -0.3 is 15.4 Å². The van der Waals surface area contributed by atoms with Crippen molar-refractivity contribution in [2.45, 2.75) is 6.04 Å². The van der Waals surface area contributed by atoms with Crippen LogP contribution in [0.4, 0.5) is 5.69 Å². The Morgan fingerprint density at radius 2 is 2.26 bits per heavy atom. The summed E-state index contributed by atoms with van der Waals surface area (Å²) in [6, 6.07) is 7.91. The van der Waals surface area contributed by atoms with E-state index in [2.05, 4.69) is 16.8 Å². The smallest absolute Gasteiger partial charge is 0.337 e. The second-order valence-electron chi connectivity index (χ2n) is 4.86. The number of hydrogen-bond donors (Lipinski definition) is 1. The van der Waals surface area contributed by atoms with E-state index in [1.54, 1.807) is 6.07 Å². The van der Waals surface area contributed by atoms with Crippen LogP contribution >= 0.6 is 0 Å². The first-order valence-electron chi connectivity index (χ1n) is 6.49. The molecule has 0 spiro atoms. The van der Waals surface area contributed by atoms with Crippen molar-refractivity contribution >= 4 is 11.7 Å². The highest BCUT2D eigenvalue weighted by atomic mass is 16.5. The number of piperazine rings is 1. The van der Waals surface area contributed by atoms with Gasteiger partial charge in [0.15, 0.2) is 0 Å². The number of carbonyl (C=O) groups excluding carboxylic acids is 1. The topological polar surface area (TPSA) is 58.8 Å². The molecule has 1 aliphatic rings. The van der Waals surface area contributed by atoms with Gasteiger partial charge in [0, 0.05) is 37.9 Å². The SMILES string of the molecule is COC(=O)c1cccc(N2CCN(C)C(CN)C2)c1. The van der Waals surface area contributed by atoms with Crippen LogP contribution in [-0.2, 0) is 4.74 Å². The van der Waals surface area contributed by atoms with Crippen LogP contribution in [0.15, 0.2) is 24.3 Å². The lowest BCUT2D eigenvalue weighted by Gasteiger charge is -2.40. The fourth-order valence-electron chi connectivity index (χ4n) is 2.38. The molecule has 104 valence electrons. The summed E-state index contributed by atoms with van der Waals surface area (Å²) < 4.78 is 4.75. The van der Waals surface area contributed by atoms with Gasteiger partial charge in [0.25, 0.3) is 0 Å². The molecule has 0 bridgehead atoms. The Morgan fingerprint density at radius 3 is 2.95 bits per heavy atom. The van der Waals surface area contributed by atoms with E-state index < -0.39 is 0 Å². The summed E-state index contributed by atoms with van der Waals surface area (Å²) in [5, 5.41) is 0. The van der Waals surface area contributed by atoms with Crippen molar-refractivity contribution in [2.75, 3.05) is 45.2 Å². The lowest BCUT2D eigenvalue weighted by Crippen LogP contribution is -2.54. The minimum atomic E-state index is -0.300. The lowest BCUT2D eigenvalue weighted by molar-refractivity contribution is 0.0601. The first kappa shape index (κ1) is 13.8.